The summed E-state index contributed by atoms with van der Waals surface area (Å²) in [6.07, 6.45) is -2.16. The highest BCUT2D eigenvalue weighted by molar-refractivity contribution is 5.67. The molecule has 0 spiro atoms. The van der Waals surface area contributed by atoms with Crippen molar-refractivity contribution in [3.05, 3.63) is 0 Å². The fourth-order valence-corrected chi connectivity index (χ4v) is 1.43. The summed E-state index contributed by atoms with van der Waals surface area (Å²) in [7, 11) is 0. The molecule has 0 unspecified atom stereocenters. The van der Waals surface area contributed by atoms with Gasteiger partial charge in [0.05, 0.1) is 6.61 Å². The smallest absolute Gasteiger partial charge is 0.303 e. The quantitative estimate of drug-likeness (QED) is 0.309. The van der Waals surface area contributed by atoms with Gasteiger partial charge in [0.2, 0.25) is 0 Å². The molecule has 0 aromatic rings. The number of aliphatic carboxylic acids is 3. The Morgan fingerprint density at radius 3 is 1.21 bits per heavy atom. The van der Waals surface area contributed by atoms with Gasteiger partial charge in [0, 0.05) is 19.3 Å². The monoisotopic (exact) mass is 414 g/mol. The first-order valence-electron chi connectivity index (χ1n) is 8.93. The van der Waals surface area contributed by atoms with Crippen LogP contribution in [0.5, 0.6) is 0 Å². The third-order valence-electron chi connectivity index (χ3n) is 2.87. The van der Waals surface area contributed by atoms with Crippen molar-refractivity contribution in [3.8, 4) is 0 Å². The maximum atomic E-state index is 9.60. The van der Waals surface area contributed by atoms with Crippen LogP contribution in [0, 0.1) is 0 Å². The van der Waals surface area contributed by atoms with Crippen LogP contribution in [0.1, 0.15) is 59.3 Å². The molecule has 11 nitrogen and oxygen atoms in total. The summed E-state index contributed by atoms with van der Waals surface area (Å²) in [6.45, 7) is 5.37. The largest absolute Gasteiger partial charge is 0.481 e. The molecule has 1 fully saturated rings. The van der Waals surface area contributed by atoms with Crippen LogP contribution in [0.25, 0.3) is 0 Å². The van der Waals surface area contributed by atoms with E-state index in [1.54, 1.807) is 0 Å². The molecule has 0 radical (unpaired) electrons. The molecule has 1 saturated heterocycles. The molecule has 0 amide bonds. The van der Waals surface area contributed by atoms with Crippen molar-refractivity contribution in [2.24, 2.45) is 0 Å². The molecular formula is C17H34O11. The van der Waals surface area contributed by atoms with Crippen LogP contribution >= 0.6 is 0 Å². The molecule has 4 atom stereocenters. The highest BCUT2D eigenvalue weighted by Gasteiger charge is 2.36. The van der Waals surface area contributed by atoms with Gasteiger partial charge in [-0.3, -0.25) is 14.4 Å². The standard InChI is InChI=1S/C5H10O5.3C4H8O2/c6-2-1-10-5(9)4(8)3(2)7;3*1-2-3-4(5)6/h2-9H,1H2;3*2-3H2,1H3,(H,5,6)/t2-,3+,4-,5-;;;/m1.../s1. The molecule has 1 aliphatic heterocycles. The van der Waals surface area contributed by atoms with Crippen molar-refractivity contribution < 1.29 is 54.9 Å². The zero-order valence-corrected chi connectivity index (χ0v) is 16.5. The minimum atomic E-state index is -1.41. The Bertz CT molecular complexity index is 362. The van der Waals surface area contributed by atoms with Gasteiger partial charge in [-0.05, 0) is 19.3 Å². The second-order valence-electron chi connectivity index (χ2n) is 5.70. The summed E-state index contributed by atoms with van der Waals surface area (Å²) in [5.41, 5.74) is 0. The van der Waals surface area contributed by atoms with Crippen molar-refractivity contribution in [1.82, 2.24) is 0 Å². The van der Waals surface area contributed by atoms with Gasteiger partial charge < -0.3 is 40.5 Å². The molecule has 1 heterocycles. The van der Waals surface area contributed by atoms with E-state index in [0.717, 1.165) is 19.3 Å². The summed E-state index contributed by atoms with van der Waals surface area (Å²) in [5, 5.41) is 59.0. The number of aliphatic hydroxyl groups is 4. The first-order valence-corrected chi connectivity index (χ1v) is 8.93. The number of ether oxygens (including phenoxy) is 1. The number of carbonyl (C=O) groups is 3. The fraction of sp³-hybridized carbons (Fsp3) is 0.824. The molecule has 7 N–H and O–H groups in total. The lowest BCUT2D eigenvalue weighted by atomic mass is 10.1. The van der Waals surface area contributed by atoms with E-state index in [2.05, 4.69) is 4.74 Å². The third-order valence-corrected chi connectivity index (χ3v) is 2.87. The Labute approximate surface area is 164 Å². The van der Waals surface area contributed by atoms with Gasteiger partial charge in [-0.25, -0.2) is 0 Å². The molecule has 0 aromatic heterocycles. The number of hydrogen-bond acceptors (Lipinski definition) is 8. The van der Waals surface area contributed by atoms with Gasteiger partial charge in [-0.2, -0.15) is 0 Å². The van der Waals surface area contributed by atoms with Gasteiger partial charge in [-0.1, -0.05) is 20.8 Å². The summed E-state index contributed by atoms with van der Waals surface area (Å²) in [5.74, 6) is -2.13. The Balaban J connectivity index is -0.000000309. The SMILES string of the molecule is CCCC(=O)O.CCCC(=O)O.CCCC(=O)O.O[C@@H]1[C@@H](O)[C@H](O)OC[C@H]1O. The summed E-state index contributed by atoms with van der Waals surface area (Å²) < 4.78 is 4.47. The van der Waals surface area contributed by atoms with Gasteiger partial charge in [0.1, 0.15) is 18.3 Å². The van der Waals surface area contributed by atoms with Gasteiger partial charge >= 0.3 is 17.9 Å². The molecule has 1 rings (SSSR count). The lowest BCUT2D eigenvalue weighted by molar-refractivity contribution is -0.252. The van der Waals surface area contributed by atoms with Crippen LogP contribution < -0.4 is 0 Å². The Morgan fingerprint density at radius 2 is 1.04 bits per heavy atom. The van der Waals surface area contributed by atoms with Crippen LogP contribution in [0.2, 0.25) is 0 Å². The third kappa shape index (κ3) is 22.3. The van der Waals surface area contributed by atoms with E-state index in [1.165, 1.54) is 0 Å². The van der Waals surface area contributed by atoms with E-state index in [0.29, 0.717) is 19.3 Å². The van der Waals surface area contributed by atoms with Crippen LogP contribution in [-0.4, -0.2) is 84.9 Å². The molecule has 28 heavy (non-hydrogen) atoms. The van der Waals surface area contributed by atoms with Crippen molar-refractivity contribution in [2.45, 2.75) is 83.9 Å². The molecule has 168 valence electrons. The fourth-order valence-electron chi connectivity index (χ4n) is 1.43. The van der Waals surface area contributed by atoms with Crippen molar-refractivity contribution >= 4 is 17.9 Å². The predicted molar refractivity (Wildman–Crippen MR) is 97.6 cm³/mol. The van der Waals surface area contributed by atoms with Crippen LogP contribution in [0.3, 0.4) is 0 Å². The number of aliphatic hydroxyl groups excluding tert-OH is 4. The highest BCUT2D eigenvalue weighted by Crippen LogP contribution is 2.12. The lowest BCUT2D eigenvalue weighted by Crippen LogP contribution is -2.52. The summed E-state index contributed by atoms with van der Waals surface area (Å²) >= 11 is 0. The first kappa shape index (κ1) is 30.9. The lowest BCUT2D eigenvalue weighted by Gasteiger charge is -2.31. The first-order chi connectivity index (χ1) is 12.9. The molecule has 0 aromatic carbocycles. The zero-order valence-electron chi connectivity index (χ0n) is 16.5. The van der Waals surface area contributed by atoms with Crippen LogP contribution in [0.4, 0.5) is 0 Å². The molecule has 1 aliphatic rings. The zero-order chi connectivity index (χ0) is 22.7. The average Bonchev–Trinajstić information content (AvgIpc) is 2.58. The molecule has 11 heteroatoms. The normalized spacial score (nSPS) is 22.8. The number of carboxylic acids is 3. The van der Waals surface area contributed by atoms with E-state index in [-0.39, 0.29) is 6.61 Å². The van der Waals surface area contributed by atoms with E-state index >= 15 is 0 Å². The topological polar surface area (TPSA) is 202 Å². The van der Waals surface area contributed by atoms with Gasteiger partial charge in [0.25, 0.3) is 0 Å². The number of rotatable bonds is 6. The summed E-state index contributed by atoms with van der Waals surface area (Å²) in [6, 6.07) is 0. The summed E-state index contributed by atoms with van der Waals surface area (Å²) in [4.78, 5) is 28.8. The van der Waals surface area contributed by atoms with E-state index < -0.39 is 42.5 Å². The Hall–Kier alpha value is -1.79. The average molecular weight is 414 g/mol. The van der Waals surface area contributed by atoms with Gasteiger partial charge in [-0.15, -0.1) is 0 Å². The second kappa shape index (κ2) is 20.0. The number of hydrogen-bond donors (Lipinski definition) is 7. The molecule has 0 bridgehead atoms. The highest BCUT2D eigenvalue weighted by atomic mass is 16.6. The van der Waals surface area contributed by atoms with Gasteiger partial charge in [0.15, 0.2) is 6.29 Å². The minimum Gasteiger partial charge on any atom is -0.481 e. The Kier molecular flexibility index (Phi) is 22.0. The van der Waals surface area contributed by atoms with E-state index in [9.17, 15) is 14.4 Å². The Morgan fingerprint density at radius 1 is 0.714 bits per heavy atom. The van der Waals surface area contributed by atoms with Crippen molar-refractivity contribution in [2.75, 3.05) is 6.61 Å². The van der Waals surface area contributed by atoms with E-state index in [1.807, 2.05) is 20.8 Å². The van der Waals surface area contributed by atoms with Crippen LogP contribution in [-0.2, 0) is 19.1 Å². The maximum Gasteiger partial charge on any atom is 0.303 e. The molecule has 0 aliphatic carbocycles. The second-order valence-corrected chi connectivity index (χ2v) is 5.70. The molecular weight excluding hydrogens is 380 g/mol. The van der Waals surface area contributed by atoms with E-state index in [4.69, 9.17) is 35.7 Å². The number of carboxylic acid groups (broad SMARTS) is 3. The molecule has 0 saturated carbocycles. The maximum absolute atomic E-state index is 9.60. The van der Waals surface area contributed by atoms with Crippen molar-refractivity contribution in [1.29, 1.82) is 0 Å². The minimum absolute atomic E-state index is 0.153. The van der Waals surface area contributed by atoms with Crippen molar-refractivity contribution in [3.63, 3.8) is 0 Å². The van der Waals surface area contributed by atoms with Crippen LogP contribution in [0.15, 0.2) is 0 Å². The predicted octanol–water partition coefficient (Wildman–Crippen LogP) is 0.0310.